The number of nitrogens with zero attached hydrogens (tertiary/aromatic N) is 7. The fourth-order valence-corrected chi connectivity index (χ4v) is 5.58. The summed E-state index contributed by atoms with van der Waals surface area (Å²) in [6, 6.07) is 9.05. The molecule has 1 amide bonds. The molecule has 0 aliphatic carbocycles. The number of likely N-dealkylation sites (tertiary alicyclic amines) is 1. The number of carbonyl (C=O) groups is 1. The number of carbonyl (C=O) groups excluding carboxylic acids is 1. The number of hydrogen-bond donors (Lipinski definition) is 2. The van der Waals surface area contributed by atoms with Crippen molar-refractivity contribution in [3.8, 4) is 0 Å². The Labute approximate surface area is 239 Å². The first-order valence-electron chi connectivity index (χ1n) is 13.6. The minimum absolute atomic E-state index is 0.0474. The van der Waals surface area contributed by atoms with Gasteiger partial charge in [0.05, 0.1) is 6.54 Å². The van der Waals surface area contributed by atoms with Crippen LogP contribution in [-0.4, -0.2) is 57.5 Å². The molecule has 12 nitrogen and oxygen atoms in total. The van der Waals surface area contributed by atoms with Gasteiger partial charge >= 0.3 is 5.69 Å². The predicted molar refractivity (Wildman–Crippen MR) is 157 cm³/mol. The minimum Gasteiger partial charge on any atom is -0.357 e. The Hall–Kier alpha value is -4.45. The fourth-order valence-electron chi connectivity index (χ4n) is 5.35. The number of imidazole rings is 1. The van der Waals surface area contributed by atoms with Gasteiger partial charge in [0.15, 0.2) is 11.2 Å². The van der Waals surface area contributed by atoms with E-state index in [1.165, 1.54) is 15.6 Å². The van der Waals surface area contributed by atoms with E-state index in [0.29, 0.717) is 41.1 Å². The average molecular weight is 576 g/mol. The molecule has 0 radical (unpaired) electrons. The molecule has 6 rings (SSSR count). The number of nitrogens with one attached hydrogen (secondary N) is 2. The Morgan fingerprint density at radius 3 is 2.66 bits per heavy atom. The van der Waals surface area contributed by atoms with E-state index in [9.17, 15) is 14.4 Å². The molecule has 0 spiro atoms. The molecule has 13 heteroatoms. The predicted octanol–water partition coefficient (Wildman–Crippen LogP) is 3.10. The van der Waals surface area contributed by atoms with Crippen LogP contribution in [0, 0.1) is 0 Å². The Morgan fingerprint density at radius 2 is 1.88 bits per heavy atom. The molecule has 1 fully saturated rings. The number of fused-ring (bicyclic) bond motifs is 2. The standard InChI is InChI=1S/C28H30ClN9O3/c1-35-24-25(36(2)28(41)38(26(24)40)16-17-15-18-19(29)7-6-8-20(18)31-17)34-27(35)33-22-11-12-30-21(32-22)9-10-23(39)37-13-4-3-5-14-37/h6-8,11-12,15,31H,3-5,9-10,13-14,16H2,1-2H3,(H,30,32,33,34). The zero-order valence-electron chi connectivity index (χ0n) is 22.9. The van der Waals surface area contributed by atoms with Crippen LogP contribution in [0.2, 0.25) is 5.02 Å². The Balaban J connectivity index is 1.26. The number of piperidine rings is 1. The van der Waals surface area contributed by atoms with E-state index in [0.717, 1.165) is 36.8 Å². The number of amides is 1. The third-order valence-electron chi connectivity index (χ3n) is 7.57. The van der Waals surface area contributed by atoms with Gasteiger partial charge < -0.3 is 19.8 Å². The molecule has 4 aromatic heterocycles. The quantitative estimate of drug-likeness (QED) is 0.304. The number of rotatable bonds is 7. The van der Waals surface area contributed by atoms with Gasteiger partial charge in [-0.2, -0.15) is 4.98 Å². The SMILES string of the molecule is Cn1c(Nc2ccnc(CCC(=O)N3CCCCC3)n2)nc2c1c(=O)n(Cc1cc3c(Cl)cccc3[nH]1)c(=O)n2C. The molecular formula is C28H30ClN9O3. The van der Waals surface area contributed by atoms with E-state index < -0.39 is 11.2 Å². The Bertz CT molecular complexity index is 1900. The van der Waals surface area contributed by atoms with Gasteiger partial charge in [0.1, 0.15) is 11.6 Å². The molecule has 0 bridgehead atoms. The molecule has 5 aromatic rings. The van der Waals surface area contributed by atoms with Gasteiger partial charge in [0.25, 0.3) is 5.56 Å². The van der Waals surface area contributed by atoms with Crippen LogP contribution in [0.15, 0.2) is 46.1 Å². The first-order chi connectivity index (χ1) is 19.8. The highest BCUT2D eigenvalue weighted by Crippen LogP contribution is 2.24. The van der Waals surface area contributed by atoms with Gasteiger partial charge in [-0.1, -0.05) is 17.7 Å². The van der Waals surface area contributed by atoms with Gasteiger partial charge in [0, 0.05) is 67.8 Å². The summed E-state index contributed by atoms with van der Waals surface area (Å²) in [7, 11) is 3.29. The zero-order valence-corrected chi connectivity index (χ0v) is 23.6. The fraction of sp³-hybridized carbons (Fsp3) is 0.357. The van der Waals surface area contributed by atoms with Gasteiger partial charge in [-0.05, 0) is 43.5 Å². The number of hydrogen-bond acceptors (Lipinski definition) is 7. The maximum Gasteiger partial charge on any atom is 0.332 e. The molecule has 1 aromatic carbocycles. The first kappa shape index (κ1) is 26.8. The number of benzene rings is 1. The zero-order chi connectivity index (χ0) is 28.7. The van der Waals surface area contributed by atoms with Crippen molar-refractivity contribution in [3.63, 3.8) is 0 Å². The van der Waals surface area contributed by atoms with Crippen molar-refractivity contribution in [1.29, 1.82) is 0 Å². The van der Waals surface area contributed by atoms with Gasteiger partial charge in [-0.3, -0.25) is 18.7 Å². The summed E-state index contributed by atoms with van der Waals surface area (Å²) < 4.78 is 4.14. The summed E-state index contributed by atoms with van der Waals surface area (Å²) in [5, 5.41) is 4.55. The van der Waals surface area contributed by atoms with Gasteiger partial charge in [-0.15, -0.1) is 0 Å². The van der Waals surface area contributed by atoms with Crippen LogP contribution in [0.3, 0.4) is 0 Å². The molecule has 212 valence electrons. The van der Waals surface area contributed by atoms with Crippen LogP contribution in [0.5, 0.6) is 0 Å². The van der Waals surface area contributed by atoms with Crippen molar-refractivity contribution in [3.05, 3.63) is 73.9 Å². The lowest BCUT2D eigenvalue weighted by Gasteiger charge is -2.26. The van der Waals surface area contributed by atoms with Crippen LogP contribution in [0.4, 0.5) is 11.8 Å². The highest BCUT2D eigenvalue weighted by atomic mass is 35.5. The highest BCUT2D eigenvalue weighted by molar-refractivity contribution is 6.35. The van der Waals surface area contributed by atoms with Crippen molar-refractivity contribution < 1.29 is 4.79 Å². The third-order valence-corrected chi connectivity index (χ3v) is 7.90. The van der Waals surface area contributed by atoms with Gasteiger partial charge in [-0.25, -0.2) is 14.8 Å². The molecule has 5 heterocycles. The molecule has 1 aliphatic rings. The lowest BCUT2D eigenvalue weighted by Crippen LogP contribution is -2.39. The average Bonchev–Trinajstić information content (AvgIpc) is 3.55. The van der Waals surface area contributed by atoms with Crippen molar-refractivity contribution in [1.82, 2.24) is 38.5 Å². The molecule has 1 aliphatic heterocycles. The summed E-state index contributed by atoms with van der Waals surface area (Å²) in [5.41, 5.74) is 1.08. The number of H-pyrrole nitrogens is 1. The van der Waals surface area contributed by atoms with E-state index in [-0.39, 0.29) is 23.6 Å². The van der Waals surface area contributed by atoms with Crippen LogP contribution in [0.25, 0.3) is 22.1 Å². The summed E-state index contributed by atoms with van der Waals surface area (Å²) in [6.45, 7) is 1.68. The Kier molecular flexibility index (Phi) is 7.08. The minimum atomic E-state index is -0.486. The third kappa shape index (κ3) is 5.10. The van der Waals surface area contributed by atoms with E-state index in [1.54, 1.807) is 37.0 Å². The van der Waals surface area contributed by atoms with Crippen LogP contribution < -0.4 is 16.6 Å². The maximum absolute atomic E-state index is 13.6. The number of aryl methyl sites for hydroxylation is 3. The molecule has 0 unspecified atom stereocenters. The summed E-state index contributed by atoms with van der Waals surface area (Å²) >= 11 is 6.30. The largest absolute Gasteiger partial charge is 0.357 e. The molecule has 41 heavy (non-hydrogen) atoms. The highest BCUT2D eigenvalue weighted by Gasteiger charge is 2.20. The number of aromatic nitrogens is 7. The second-order valence-corrected chi connectivity index (χ2v) is 10.7. The van der Waals surface area contributed by atoms with E-state index in [2.05, 4.69) is 25.3 Å². The lowest BCUT2D eigenvalue weighted by atomic mass is 10.1. The van der Waals surface area contributed by atoms with Crippen molar-refractivity contribution in [2.75, 3.05) is 18.4 Å². The van der Waals surface area contributed by atoms with E-state index in [4.69, 9.17) is 11.6 Å². The Morgan fingerprint density at radius 1 is 1.07 bits per heavy atom. The van der Waals surface area contributed by atoms with Crippen molar-refractivity contribution >= 4 is 51.3 Å². The van der Waals surface area contributed by atoms with E-state index >= 15 is 0 Å². The smallest absolute Gasteiger partial charge is 0.332 e. The van der Waals surface area contributed by atoms with Crippen LogP contribution >= 0.6 is 11.6 Å². The lowest BCUT2D eigenvalue weighted by molar-refractivity contribution is -0.132. The second-order valence-electron chi connectivity index (χ2n) is 10.3. The van der Waals surface area contributed by atoms with Gasteiger partial charge in [0.2, 0.25) is 11.9 Å². The van der Waals surface area contributed by atoms with Crippen LogP contribution in [-0.2, 0) is 31.9 Å². The first-order valence-corrected chi connectivity index (χ1v) is 14.0. The molecule has 0 saturated carbocycles. The topological polar surface area (TPSA) is 136 Å². The number of aromatic amines is 1. The van der Waals surface area contributed by atoms with Crippen LogP contribution in [0.1, 0.15) is 37.2 Å². The number of anilines is 2. The summed E-state index contributed by atoms with van der Waals surface area (Å²) in [4.78, 5) is 57.9. The summed E-state index contributed by atoms with van der Waals surface area (Å²) in [6.07, 6.45) is 5.66. The molecule has 0 atom stereocenters. The summed E-state index contributed by atoms with van der Waals surface area (Å²) in [5.74, 6) is 1.47. The normalized spacial score (nSPS) is 13.8. The van der Waals surface area contributed by atoms with Crippen molar-refractivity contribution in [2.45, 2.75) is 38.6 Å². The second kappa shape index (κ2) is 10.8. The van der Waals surface area contributed by atoms with E-state index in [1.807, 2.05) is 23.1 Å². The molecular weight excluding hydrogens is 546 g/mol. The monoisotopic (exact) mass is 575 g/mol. The van der Waals surface area contributed by atoms with Crippen molar-refractivity contribution in [2.24, 2.45) is 14.1 Å². The molecule has 1 saturated heterocycles. The number of halogens is 1. The molecule has 2 N–H and O–H groups in total. The maximum atomic E-state index is 13.6.